The minimum atomic E-state index is -4.15. The van der Waals surface area contributed by atoms with E-state index in [1.54, 1.807) is 0 Å². The second-order valence-corrected chi connectivity index (χ2v) is 3.76. The molecule has 0 rings (SSSR count). The van der Waals surface area contributed by atoms with E-state index in [0.29, 0.717) is 6.42 Å². The van der Waals surface area contributed by atoms with Crippen molar-refractivity contribution in [1.29, 1.82) is 0 Å². The van der Waals surface area contributed by atoms with E-state index in [1.807, 2.05) is 6.92 Å². The van der Waals surface area contributed by atoms with E-state index >= 15 is 0 Å². The Morgan fingerprint density at radius 1 is 1.38 bits per heavy atom. The fourth-order valence-corrected chi connectivity index (χ4v) is 1.34. The maximum Gasteiger partial charge on any atom is 0.389 e. The maximum absolute atomic E-state index is 11.8. The van der Waals surface area contributed by atoms with E-state index in [9.17, 15) is 13.2 Å². The van der Waals surface area contributed by atoms with Gasteiger partial charge in [0.15, 0.2) is 0 Å². The van der Waals surface area contributed by atoms with E-state index in [0.717, 1.165) is 6.42 Å². The summed E-state index contributed by atoms with van der Waals surface area (Å²) in [7, 11) is 0. The van der Waals surface area contributed by atoms with Gasteiger partial charge in [0.25, 0.3) is 0 Å². The van der Waals surface area contributed by atoms with Crippen LogP contribution in [-0.2, 0) is 4.74 Å². The Labute approximate surface area is 93.8 Å². The van der Waals surface area contributed by atoms with Gasteiger partial charge in [0.2, 0.25) is 0 Å². The summed E-state index contributed by atoms with van der Waals surface area (Å²) < 4.78 is 40.6. The first-order valence-corrected chi connectivity index (χ1v) is 5.45. The average Bonchev–Trinajstić information content (AvgIpc) is 2.16. The predicted molar refractivity (Wildman–Crippen MR) is 55.0 cm³/mol. The lowest BCUT2D eigenvalue weighted by atomic mass is 10.1. The Bertz CT molecular complexity index is 176. The highest BCUT2D eigenvalue weighted by Crippen LogP contribution is 2.21. The molecule has 0 aromatic rings. The predicted octanol–water partition coefficient (Wildman–Crippen LogP) is 1.83. The van der Waals surface area contributed by atoms with Crippen LogP contribution in [0.25, 0.3) is 0 Å². The lowest BCUT2D eigenvalue weighted by molar-refractivity contribution is -0.139. The van der Waals surface area contributed by atoms with Crippen LogP contribution in [0.5, 0.6) is 0 Å². The molecule has 0 amide bonds. The number of nitrogens with two attached hydrogens (primary N) is 1. The Hall–Kier alpha value is -0.330. The molecule has 0 aromatic carbocycles. The van der Waals surface area contributed by atoms with Crippen LogP contribution in [0, 0.1) is 0 Å². The summed E-state index contributed by atoms with van der Waals surface area (Å²) in [5, 5.41) is 8.96. The first-order valence-electron chi connectivity index (χ1n) is 5.45. The molecular weight excluding hydrogens is 223 g/mol. The molecule has 0 bridgehead atoms. The average molecular weight is 243 g/mol. The van der Waals surface area contributed by atoms with Crippen LogP contribution in [0.4, 0.5) is 13.2 Å². The van der Waals surface area contributed by atoms with Crippen LogP contribution in [0.2, 0.25) is 0 Å². The topological polar surface area (TPSA) is 55.5 Å². The number of alkyl halides is 3. The molecule has 0 spiro atoms. The highest BCUT2D eigenvalue weighted by molar-refractivity contribution is 4.72. The zero-order valence-electron chi connectivity index (χ0n) is 9.46. The number of hydrogen-bond acceptors (Lipinski definition) is 3. The first-order chi connectivity index (χ1) is 7.40. The second-order valence-electron chi connectivity index (χ2n) is 3.76. The van der Waals surface area contributed by atoms with Crippen molar-refractivity contribution < 1.29 is 23.0 Å². The molecule has 6 heteroatoms. The summed E-state index contributed by atoms with van der Waals surface area (Å²) >= 11 is 0. The molecule has 0 aliphatic rings. The zero-order valence-corrected chi connectivity index (χ0v) is 9.46. The number of halogens is 3. The highest BCUT2D eigenvalue weighted by Gasteiger charge is 2.26. The number of aliphatic hydroxyl groups excluding tert-OH is 1. The lowest BCUT2D eigenvalue weighted by Crippen LogP contribution is -2.39. The minimum Gasteiger partial charge on any atom is -0.394 e. The second kappa shape index (κ2) is 7.86. The molecular formula is C10H20F3NO2. The third-order valence-electron chi connectivity index (χ3n) is 2.22. The number of ether oxygens (including phenoxy) is 1. The number of rotatable bonds is 8. The summed E-state index contributed by atoms with van der Waals surface area (Å²) in [6.07, 6.45) is -4.14. The summed E-state index contributed by atoms with van der Waals surface area (Å²) in [6, 6.07) is -0.319. The Morgan fingerprint density at radius 3 is 2.44 bits per heavy atom. The largest absolute Gasteiger partial charge is 0.394 e. The fourth-order valence-electron chi connectivity index (χ4n) is 1.34. The zero-order chi connectivity index (χ0) is 12.6. The van der Waals surface area contributed by atoms with Gasteiger partial charge in [-0.2, -0.15) is 13.2 Å². The molecule has 0 heterocycles. The molecule has 0 aliphatic heterocycles. The van der Waals surface area contributed by atoms with Crippen molar-refractivity contribution in [2.45, 2.75) is 50.9 Å². The van der Waals surface area contributed by atoms with Crippen molar-refractivity contribution in [3.63, 3.8) is 0 Å². The molecule has 2 unspecified atom stereocenters. The van der Waals surface area contributed by atoms with Gasteiger partial charge in [0.1, 0.15) is 0 Å². The van der Waals surface area contributed by atoms with Crippen LogP contribution in [0.3, 0.4) is 0 Å². The quantitative estimate of drug-likeness (QED) is 0.639. The van der Waals surface area contributed by atoms with Crippen LogP contribution in [0.15, 0.2) is 0 Å². The molecule has 98 valence electrons. The SMILES string of the molecule is CCCC(N)C(CO)OCCCC(F)(F)F. The van der Waals surface area contributed by atoms with Crippen LogP contribution in [-0.4, -0.2) is 36.6 Å². The van der Waals surface area contributed by atoms with Gasteiger partial charge >= 0.3 is 6.18 Å². The molecule has 0 saturated heterocycles. The Kier molecular flexibility index (Phi) is 7.70. The smallest absolute Gasteiger partial charge is 0.389 e. The van der Waals surface area contributed by atoms with E-state index in [4.69, 9.17) is 15.6 Å². The van der Waals surface area contributed by atoms with E-state index in [2.05, 4.69) is 0 Å². The van der Waals surface area contributed by atoms with Gasteiger partial charge in [-0.25, -0.2) is 0 Å². The highest BCUT2D eigenvalue weighted by atomic mass is 19.4. The molecule has 0 fully saturated rings. The molecule has 0 saturated carbocycles. The van der Waals surface area contributed by atoms with Crippen molar-refractivity contribution in [1.82, 2.24) is 0 Å². The van der Waals surface area contributed by atoms with Crippen molar-refractivity contribution in [3.05, 3.63) is 0 Å². The van der Waals surface area contributed by atoms with Gasteiger partial charge in [-0.15, -0.1) is 0 Å². The molecule has 0 radical (unpaired) electrons. The molecule has 16 heavy (non-hydrogen) atoms. The van der Waals surface area contributed by atoms with Crippen LogP contribution < -0.4 is 5.73 Å². The van der Waals surface area contributed by atoms with Gasteiger partial charge in [-0.05, 0) is 12.8 Å². The standard InChI is InChI=1S/C10H20F3NO2/c1-2-4-8(14)9(7-15)16-6-3-5-10(11,12)13/h8-9,15H,2-7,14H2,1H3. The van der Waals surface area contributed by atoms with Crippen LogP contribution in [0.1, 0.15) is 32.6 Å². The third-order valence-corrected chi connectivity index (χ3v) is 2.22. The molecule has 3 N–H and O–H groups in total. The Balaban J connectivity index is 3.71. The van der Waals surface area contributed by atoms with Gasteiger partial charge in [0.05, 0.1) is 12.7 Å². The molecule has 3 nitrogen and oxygen atoms in total. The van der Waals surface area contributed by atoms with Gasteiger partial charge < -0.3 is 15.6 Å². The fraction of sp³-hybridized carbons (Fsp3) is 1.00. The van der Waals surface area contributed by atoms with Crippen molar-refractivity contribution in [2.24, 2.45) is 5.73 Å². The Morgan fingerprint density at radius 2 is 2.00 bits per heavy atom. The summed E-state index contributed by atoms with van der Waals surface area (Å²) in [5.41, 5.74) is 5.70. The number of hydrogen-bond donors (Lipinski definition) is 2. The molecule has 2 atom stereocenters. The summed E-state index contributed by atoms with van der Waals surface area (Å²) in [4.78, 5) is 0. The summed E-state index contributed by atoms with van der Waals surface area (Å²) in [6.45, 7) is 1.66. The number of aliphatic hydroxyl groups is 1. The third kappa shape index (κ3) is 7.90. The monoisotopic (exact) mass is 243 g/mol. The minimum absolute atomic E-state index is 0.0256. The maximum atomic E-state index is 11.8. The molecule has 0 aromatic heterocycles. The summed E-state index contributed by atoms with van der Waals surface area (Å²) in [5.74, 6) is 0. The van der Waals surface area contributed by atoms with Gasteiger partial charge in [-0.1, -0.05) is 13.3 Å². The van der Waals surface area contributed by atoms with Crippen LogP contribution >= 0.6 is 0 Å². The first kappa shape index (κ1) is 15.7. The lowest BCUT2D eigenvalue weighted by Gasteiger charge is -2.22. The van der Waals surface area contributed by atoms with E-state index in [-0.39, 0.29) is 25.7 Å². The van der Waals surface area contributed by atoms with Crippen molar-refractivity contribution in [2.75, 3.05) is 13.2 Å². The molecule has 0 aliphatic carbocycles. The van der Waals surface area contributed by atoms with E-state index in [1.165, 1.54) is 0 Å². The van der Waals surface area contributed by atoms with Gasteiger partial charge in [0, 0.05) is 19.1 Å². The van der Waals surface area contributed by atoms with Crippen molar-refractivity contribution >= 4 is 0 Å². The van der Waals surface area contributed by atoms with E-state index < -0.39 is 18.7 Å². The van der Waals surface area contributed by atoms with Gasteiger partial charge in [-0.3, -0.25) is 0 Å². The van der Waals surface area contributed by atoms with Crippen molar-refractivity contribution in [3.8, 4) is 0 Å². The normalized spacial score (nSPS) is 16.1.